The molecule has 0 unspecified atom stereocenters. The summed E-state index contributed by atoms with van der Waals surface area (Å²) in [5.74, 6) is -1.39. The Bertz CT molecular complexity index is 607. The Morgan fingerprint density at radius 2 is 1.91 bits per heavy atom. The summed E-state index contributed by atoms with van der Waals surface area (Å²) in [6, 6.07) is 7.56. The molecule has 1 aromatic carbocycles. The highest BCUT2D eigenvalue weighted by molar-refractivity contribution is 8.10. The van der Waals surface area contributed by atoms with E-state index in [1.165, 1.54) is 0 Å². The van der Waals surface area contributed by atoms with Gasteiger partial charge in [0, 0.05) is 6.54 Å². The Kier molecular flexibility index (Phi) is 6.86. The zero-order valence-corrected chi connectivity index (χ0v) is 12.4. The molecule has 0 aromatic heterocycles. The monoisotopic (exact) mass is 326 g/mol. The molecule has 22 heavy (non-hydrogen) atoms. The zero-order valence-electron chi connectivity index (χ0n) is 11.6. The second-order valence-electron chi connectivity index (χ2n) is 4.33. The van der Waals surface area contributed by atoms with Crippen LogP contribution in [0.3, 0.4) is 0 Å². The molecular formula is C12H15BN2O6S. The number of benzene rings is 1. The number of rotatable bonds is 8. The van der Waals surface area contributed by atoms with Crippen molar-refractivity contribution >= 4 is 29.1 Å². The van der Waals surface area contributed by atoms with E-state index < -0.39 is 28.0 Å². The molecule has 0 aliphatic heterocycles. The van der Waals surface area contributed by atoms with Crippen LogP contribution in [0.25, 0.3) is 0 Å². The minimum Gasteiger partial charge on any atom is -0.480 e. The molecule has 10 heteroatoms. The normalized spacial score (nSPS) is 12.4. The number of carboxylic acids is 1. The largest absolute Gasteiger partial charge is 0.480 e. The van der Waals surface area contributed by atoms with Gasteiger partial charge in [-0.2, -0.15) is 0 Å². The van der Waals surface area contributed by atoms with E-state index in [0.717, 1.165) is 5.56 Å². The third kappa shape index (κ3) is 7.65. The highest BCUT2D eigenvalue weighted by atomic mass is 32.2. The number of hydrogen-bond acceptors (Lipinski definition) is 5. The lowest BCUT2D eigenvalue weighted by Crippen LogP contribution is -2.43. The van der Waals surface area contributed by atoms with E-state index in [1.54, 1.807) is 29.0 Å². The summed E-state index contributed by atoms with van der Waals surface area (Å²) in [6.07, 6.45) is -0.907. The summed E-state index contributed by atoms with van der Waals surface area (Å²) < 4.78 is 28.2. The van der Waals surface area contributed by atoms with Crippen LogP contribution in [0.4, 0.5) is 4.79 Å². The molecule has 1 atom stereocenters. The molecule has 0 bridgehead atoms. The van der Waals surface area contributed by atoms with Crippen LogP contribution in [0, 0.1) is 0 Å². The molecule has 1 aromatic rings. The SMILES string of the molecule is [B]S(=O)(=O)N[C@H](CCNC(=O)OCc1ccccc1)C(=O)O. The van der Waals surface area contributed by atoms with Crippen LogP contribution >= 0.6 is 0 Å². The number of alkyl carbamates (subject to hydrolysis) is 1. The van der Waals surface area contributed by atoms with Crippen LogP contribution in [-0.2, 0) is 26.0 Å². The summed E-state index contributed by atoms with van der Waals surface area (Å²) in [5.41, 5.74) is 0.803. The third-order valence-electron chi connectivity index (χ3n) is 2.52. The molecule has 2 radical (unpaired) electrons. The summed E-state index contributed by atoms with van der Waals surface area (Å²) in [5, 5.41) is 11.2. The number of nitrogens with one attached hydrogen (secondary N) is 2. The summed E-state index contributed by atoms with van der Waals surface area (Å²) >= 11 is 0. The molecule has 0 aliphatic carbocycles. The maximum atomic E-state index is 11.4. The van der Waals surface area contributed by atoms with Gasteiger partial charge < -0.3 is 15.2 Å². The zero-order chi connectivity index (χ0) is 16.6. The third-order valence-corrected chi connectivity index (χ3v) is 3.13. The van der Waals surface area contributed by atoms with Gasteiger partial charge in [-0.3, -0.25) is 4.79 Å². The van der Waals surface area contributed by atoms with Gasteiger partial charge in [-0.15, -0.1) is 0 Å². The quantitative estimate of drug-likeness (QED) is 0.567. The number of carbonyl (C=O) groups excluding carboxylic acids is 1. The van der Waals surface area contributed by atoms with E-state index in [2.05, 4.69) is 5.32 Å². The highest BCUT2D eigenvalue weighted by Crippen LogP contribution is 2.00. The number of amides is 1. The Hall–Kier alpha value is -2.07. The lowest BCUT2D eigenvalue weighted by atomic mass is 10.2. The van der Waals surface area contributed by atoms with Crippen LogP contribution in [0.1, 0.15) is 12.0 Å². The first kappa shape index (κ1) is 18.0. The van der Waals surface area contributed by atoms with Crippen molar-refractivity contribution in [1.29, 1.82) is 0 Å². The summed E-state index contributed by atoms with van der Waals surface area (Å²) in [4.78, 5) is 22.2. The predicted molar refractivity (Wildman–Crippen MR) is 78.5 cm³/mol. The van der Waals surface area contributed by atoms with E-state index in [9.17, 15) is 18.0 Å². The number of ether oxygens (including phenoxy) is 1. The van der Waals surface area contributed by atoms with Crippen LogP contribution < -0.4 is 10.0 Å². The first-order chi connectivity index (χ1) is 10.3. The molecule has 0 fully saturated rings. The van der Waals surface area contributed by atoms with Crippen molar-refractivity contribution in [3.05, 3.63) is 35.9 Å². The fraction of sp³-hybridized carbons (Fsp3) is 0.333. The van der Waals surface area contributed by atoms with Crippen molar-refractivity contribution in [3.8, 4) is 0 Å². The van der Waals surface area contributed by atoms with Crippen molar-refractivity contribution < 1.29 is 27.9 Å². The first-order valence-electron chi connectivity index (χ1n) is 6.25. The average Bonchev–Trinajstić information content (AvgIpc) is 2.44. The van der Waals surface area contributed by atoms with Crippen molar-refractivity contribution in [2.75, 3.05) is 6.54 Å². The van der Waals surface area contributed by atoms with Crippen LogP contribution in [0.15, 0.2) is 30.3 Å². The maximum absolute atomic E-state index is 11.4. The van der Waals surface area contributed by atoms with E-state index in [1.807, 2.05) is 6.07 Å². The molecule has 0 saturated carbocycles. The van der Waals surface area contributed by atoms with Gasteiger partial charge in [0.1, 0.15) is 22.5 Å². The molecule has 0 saturated heterocycles. The molecule has 8 nitrogen and oxygen atoms in total. The van der Waals surface area contributed by atoms with Crippen LogP contribution in [0.2, 0.25) is 0 Å². The van der Waals surface area contributed by atoms with E-state index in [0.29, 0.717) is 0 Å². The predicted octanol–water partition coefficient (Wildman–Crippen LogP) is -0.241. The highest BCUT2D eigenvalue weighted by Gasteiger charge is 2.20. The number of carbonyl (C=O) groups is 2. The molecule has 1 rings (SSSR count). The lowest BCUT2D eigenvalue weighted by molar-refractivity contribution is -0.139. The van der Waals surface area contributed by atoms with Gasteiger partial charge in [0.25, 0.3) is 7.12 Å². The Labute approximate surface area is 129 Å². The van der Waals surface area contributed by atoms with Gasteiger partial charge in [0.05, 0.1) is 0 Å². The molecule has 0 spiro atoms. The summed E-state index contributed by atoms with van der Waals surface area (Å²) in [6.45, 7) is -0.0163. The topological polar surface area (TPSA) is 122 Å². The molecular weight excluding hydrogens is 311 g/mol. The van der Waals surface area contributed by atoms with Gasteiger partial charge in [0.15, 0.2) is 0 Å². The Morgan fingerprint density at radius 1 is 1.27 bits per heavy atom. The lowest BCUT2D eigenvalue weighted by Gasteiger charge is -2.13. The first-order valence-corrected chi connectivity index (χ1v) is 7.80. The number of hydrogen-bond donors (Lipinski definition) is 3. The average molecular weight is 326 g/mol. The summed E-state index contributed by atoms with van der Waals surface area (Å²) in [7, 11) is 0.563. The number of aliphatic carboxylic acids is 1. The Morgan fingerprint density at radius 3 is 2.45 bits per heavy atom. The fourth-order valence-corrected chi connectivity index (χ4v) is 2.14. The van der Waals surface area contributed by atoms with Gasteiger partial charge in [-0.05, 0) is 12.0 Å². The molecule has 1 amide bonds. The standard InChI is InChI=1S/C12H15BN2O6S/c13-22(19,20)15-10(11(16)17)6-7-14-12(18)21-8-9-4-2-1-3-5-9/h1-5,10,15H,6-8H2,(H,14,18)(H,16,17)/t10-/m1/s1. The van der Waals surface area contributed by atoms with E-state index in [-0.39, 0.29) is 19.6 Å². The smallest absolute Gasteiger partial charge is 0.407 e. The van der Waals surface area contributed by atoms with E-state index in [4.69, 9.17) is 17.0 Å². The fourth-order valence-electron chi connectivity index (χ4n) is 1.52. The number of carboxylic acid groups (broad SMARTS) is 1. The molecule has 118 valence electrons. The Balaban J connectivity index is 2.32. The second-order valence-corrected chi connectivity index (χ2v) is 5.66. The van der Waals surface area contributed by atoms with Crippen molar-refractivity contribution in [2.45, 2.75) is 19.1 Å². The minimum absolute atomic E-state index is 0.0739. The van der Waals surface area contributed by atoms with Gasteiger partial charge in [-0.25, -0.2) is 17.9 Å². The van der Waals surface area contributed by atoms with Crippen molar-refractivity contribution in [3.63, 3.8) is 0 Å². The van der Waals surface area contributed by atoms with Crippen LogP contribution in [-0.4, -0.2) is 45.3 Å². The maximum Gasteiger partial charge on any atom is 0.407 e. The van der Waals surface area contributed by atoms with Crippen LogP contribution in [0.5, 0.6) is 0 Å². The minimum atomic E-state index is -4.14. The van der Waals surface area contributed by atoms with Crippen molar-refractivity contribution in [1.82, 2.24) is 10.0 Å². The van der Waals surface area contributed by atoms with Gasteiger partial charge in [0.2, 0.25) is 0 Å². The molecule has 3 N–H and O–H groups in total. The second kappa shape index (κ2) is 8.40. The van der Waals surface area contributed by atoms with E-state index >= 15 is 0 Å². The molecule has 0 heterocycles. The molecule has 0 aliphatic rings. The van der Waals surface area contributed by atoms with Crippen molar-refractivity contribution in [2.24, 2.45) is 0 Å². The van der Waals surface area contributed by atoms with Gasteiger partial charge >= 0.3 is 12.1 Å². The van der Waals surface area contributed by atoms with Gasteiger partial charge in [-0.1, -0.05) is 30.3 Å².